The van der Waals surface area contributed by atoms with Crippen molar-refractivity contribution in [1.82, 2.24) is 20.1 Å². The minimum Gasteiger partial charge on any atom is -0.351 e. The summed E-state index contributed by atoms with van der Waals surface area (Å²) in [4.78, 5) is 30.5. The molecule has 3 heterocycles. The van der Waals surface area contributed by atoms with Crippen molar-refractivity contribution in [1.29, 1.82) is 0 Å². The van der Waals surface area contributed by atoms with E-state index in [1.807, 2.05) is 60.3 Å². The summed E-state index contributed by atoms with van der Waals surface area (Å²) in [5.41, 5.74) is 4.46. The SMILES string of the molecule is CC(=O)NCc1ccc(-c2csc(NC(=O)c3cccc(Cn4nc(C)cc4C)c3)n2)s1. The van der Waals surface area contributed by atoms with Gasteiger partial charge >= 0.3 is 0 Å². The summed E-state index contributed by atoms with van der Waals surface area (Å²) in [7, 11) is 0. The highest BCUT2D eigenvalue weighted by Crippen LogP contribution is 2.31. The monoisotopic (exact) mass is 465 g/mol. The summed E-state index contributed by atoms with van der Waals surface area (Å²) in [6.45, 7) is 6.60. The van der Waals surface area contributed by atoms with E-state index in [0.717, 1.165) is 32.4 Å². The first-order valence-corrected chi connectivity index (χ1v) is 11.8. The molecule has 0 aliphatic rings. The third-order valence-electron chi connectivity index (χ3n) is 4.78. The number of thiazole rings is 1. The molecule has 9 heteroatoms. The van der Waals surface area contributed by atoms with Crippen molar-refractivity contribution in [3.63, 3.8) is 0 Å². The first-order valence-electron chi connectivity index (χ1n) is 10.1. The van der Waals surface area contributed by atoms with Crippen molar-refractivity contribution in [3.8, 4) is 10.6 Å². The number of aromatic nitrogens is 3. The van der Waals surface area contributed by atoms with Gasteiger partial charge in [-0.2, -0.15) is 5.10 Å². The number of nitrogens with one attached hydrogen (secondary N) is 2. The number of hydrogen-bond acceptors (Lipinski definition) is 6. The molecular formula is C23H23N5O2S2. The molecule has 2 N–H and O–H groups in total. The maximum absolute atomic E-state index is 12.8. The lowest BCUT2D eigenvalue weighted by Gasteiger charge is -2.07. The van der Waals surface area contributed by atoms with Crippen LogP contribution in [0.15, 0.2) is 47.8 Å². The molecule has 0 fully saturated rings. The van der Waals surface area contributed by atoms with Gasteiger partial charge in [-0.15, -0.1) is 22.7 Å². The van der Waals surface area contributed by atoms with E-state index in [2.05, 4.69) is 20.7 Å². The van der Waals surface area contributed by atoms with E-state index in [0.29, 0.717) is 23.8 Å². The van der Waals surface area contributed by atoms with Gasteiger partial charge in [-0.25, -0.2) is 4.98 Å². The van der Waals surface area contributed by atoms with Crippen LogP contribution >= 0.6 is 22.7 Å². The molecule has 3 aromatic heterocycles. The molecule has 1 aromatic carbocycles. The molecular weight excluding hydrogens is 442 g/mol. The predicted octanol–water partition coefficient (Wildman–Crippen LogP) is 4.62. The number of anilines is 1. The number of carbonyl (C=O) groups excluding carboxylic acids is 2. The van der Waals surface area contributed by atoms with Crippen molar-refractivity contribution < 1.29 is 9.59 Å². The topological polar surface area (TPSA) is 88.9 Å². The summed E-state index contributed by atoms with van der Waals surface area (Å²) in [5, 5.41) is 12.6. The number of rotatable bonds is 7. The minimum absolute atomic E-state index is 0.0578. The first kappa shape index (κ1) is 21.9. The third kappa shape index (κ3) is 5.30. The normalized spacial score (nSPS) is 10.8. The molecule has 0 radical (unpaired) electrons. The molecule has 0 atom stereocenters. The zero-order valence-corrected chi connectivity index (χ0v) is 19.6. The average Bonchev–Trinajstić information content (AvgIpc) is 3.47. The van der Waals surface area contributed by atoms with Gasteiger partial charge in [0.1, 0.15) is 0 Å². The van der Waals surface area contributed by atoms with Gasteiger partial charge in [0.05, 0.1) is 29.4 Å². The van der Waals surface area contributed by atoms with E-state index in [9.17, 15) is 9.59 Å². The molecule has 0 aliphatic carbocycles. The molecule has 0 saturated heterocycles. The summed E-state index contributed by atoms with van der Waals surface area (Å²) in [6.07, 6.45) is 0. The van der Waals surface area contributed by atoms with Gasteiger partial charge in [0.25, 0.3) is 5.91 Å². The van der Waals surface area contributed by atoms with Crippen LogP contribution in [-0.2, 0) is 17.9 Å². The van der Waals surface area contributed by atoms with Gasteiger partial charge in [-0.1, -0.05) is 12.1 Å². The van der Waals surface area contributed by atoms with Crippen LogP contribution in [0.2, 0.25) is 0 Å². The molecule has 0 unspecified atom stereocenters. The van der Waals surface area contributed by atoms with Crippen LogP contribution in [-0.4, -0.2) is 26.6 Å². The summed E-state index contributed by atoms with van der Waals surface area (Å²) < 4.78 is 1.93. The van der Waals surface area contributed by atoms with Crippen LogP contribution in [0.3, 0.4) is 0 Å². The largest absolute Gasteiger partial charge is 0.351 e. The maximum atomic E-state index is 12.8. The van der Waals surface area contributed by atoms with E-state index in [-0.39, 0.29) is 11.8 Å². The van der Waals surface area contributed by atoms with Crippen molar-refractivity contribution in [3.05, 3.63) is 75.2 Å². The van der Waals surface area contributed by atoms with E-state index in [1.54, 1.807) is 17.4 Å². The molecule has 7 nitrogen and oxygen atoms in total. The number of amides is 2. The second-order valence-corrected chi connectivity index (χ2v) is 9.48. The molecule has 32 heavy (non-hydrogen) atoms. The fraction of sp³-hybridized carbons (Fsp3) is 0.217. The number of benzene rings is 1. The Bertz CT molecular complexity index is 1270. The van der Waals surface area contributed by atoms with Crippen LogP contribution in [0.5, 0.6) is 0 Å². The van der Waals surface area contributed by atoms with Crippen molar-refractivity contribution in [2.45, 2.75) is 33.9 Å². The Morgan fingerprint density at radius 2 is 1.97 bits per heavy atom. The number of nitrogens with zero attached hydrogens (tertiary/aromatic N) is 3. The van der Waals surface area contributed by atoms with Crippen LogP contribution in [0.4, 0.5) is 5.13 Å². The highest BCUT2D eigenvalue weighted by Gasteiger charge is 2.12. The Labute approximate surface area is 194 Å². The summed E-state index contributed by atoms with van der Waals surface area (Å²) >= 11 is 2.96. The van der Waals surface area contributed by atoms with E-state index in [1.165, 1.54) is 18.3 Å². The Hall–Kier alpha value is -3.30. The number of hydrogen-bond donors (Lipinski definition) is 2. The minimum atomic E-state index is -0.196. The smallest absolute Gasteiger partial charge is 0.257 e. The Balaban J connectivity index is 1.42. The zero-order valence-electron chi connectivity index (χ0n) is 18.0. The van der Waals surface area contributed by atoms with Gasteiger partial charge in [-0.05, 0) is 49.7 Å². The highest BCUT2D eigenvalue weighted by atomic mass is 32.1. The molecule has 2 amide bonds. The number of carbonyl (C=O) groups is 2. The summed E-state index contributed by atoms with van der Waals surface area (Å²) in [5.74, 6) is -0.254. The van der Waals surface area contributed by atoms with Gasteiger partial charge < -0.3 is 5.32 Å². The fourth-order valence-electron chi connectivity index (χ4n) is 3.25. The van der Waals surface area contributed by atoms with E-state index in [4.69, 9.17) is 0 Å². The molecule has 4 rings (SSSR count). The molecule has 164 valence electrons. The van der Waals surface area contributed by atoms with Crippen molar-refractivity contribution in [2.24, 2.45) is 0 Å². The van der Waals surface area contributed by atoms with E-state index >= 15 is 0 Å². The quantitative estimate of drug-likeness (QED) is 0.417. The van der Waals surface area contributed by atoms with Gasteiger partial charge in [0.2, 0.25) is 5.91 Å². The predicted molar refractivity (Wildman–Crippen MR) is 128 cm³/mol. The van der Waals surface area contributed by atoms with Crippen LogP contribution in [0, 0.1) is 13.8 Å². The summed E-state index contributed by atoms with van der Waals surface area (Å²) in [6, 6.07) is 13.5. The van der Waals surface area contributed by atoms with Crippen LogP contribution < -0.4 is 10.6 Å². The first-order chi connectivity index (χ1) is 15.4. The van der Waals surface area contributed by atoms with Crippen LogP contribution in [0.25, 0.3) is 10.6 Å². The van der Waals surface area contributed by atoms with Crippen molar-refractivity contribution in [2.75, 3.05) is 5.32 Å². The lowest BCUT2D eigenvalue weighted by molar-refractivity contribution is -0.119. The Kier molecular flexibility index (Phi) is 6.48. The molecule has 0 saturated carbocycles. The second kappa shape index (κ2) is 9.46. The van der Waals surface area contributed by atoms with Crippen molar-refractivity contribution >= 4 is 39.6 Å². The van der Waals surface area contributed by atoms with Gasteiger partial charge in [0.15, 0.2) is 5.13 Å². The average molecular weight is 466 g/mol. The fourth-order valence-corrected chi connectivity index (χ4v) is 4.94. The van der Waals surface area contributed by atoms with Crippen LogP contribution in [0.1, 0.15) is 39.1 Å². The molecule has 0 spiro atoms. The number of aryl methyl sites for hydroxylation is 2. The molecule has 0 aliphatic heterocycles. The second-order valence-electron chi connectivity index (χ2n) is 7.45. The highest BCUT2D eigenvalue weighted by molar-refractivity contribution is 7.17. The zero-order chi connectivity index (χ0) is 22.7. The van der Waals surface area contributed by atoms with Gasteiger partial charge in [0, 0.05) is 28.4 Å². The van der Waals surface area contributed by atoms with E-state index < -0.39 is 0 Å². The maximum Gasteiger partial charge on any atom is 0.257 e. The van der Waals surface area contributed by atoms with Gasteiger partial charge in [-0.3, -0.25) is 19.6 Å². The lowest BCUT2D eigenvalue weighted by Crippen LogP contribution is -2.17. The Morgan fingerprint density at radius 1 is 1.12 bits per heavy atom. The molecule has 4 aromatic rings. The lowest BCUT2D eigenvalue weighted by atomic mass is 10.1. The Morgan fingerprint density at radius 3 is 2.72 bits per heavy atom. The standard InChI is InChI=1S/C23H23N5O2S2/c1-14-9-15(2)28(27-14)12-17-5-4-6-18(10-17)22(30)26-23-25-20(13-31-23)21-8-7-19(32-21)11-24-16(3)29/h4-10,13H,11-12H2,1-3H3,(H,24,29)(H,25,26,30). The number of thiophene rings is 1. The molecule has 0 bridgehead atoms. The third-order valence-corrected chi connectivity index (χ3v) is 6.64.